The molecule has 5 nitrogen and oxygen atoms in total. The number of fused-ring (bicyclic) bond motifs is 3. The highest BCUT2D eigenvalue weighted by atomic mass is 16.5. The Hall–Kier alpha value is -2.53. The van der Waals surface area contributed by atoms with E-state index in [9.17, 15) is 4.79 Å². The zero-order chi connectivity index (χ0) is 19.0. The van der Waals surface area contributed by atoms with Crippen LogP contribution in [-0.4, -0.2) is 50.7 Å². The number of likely N-dealkylation sites (tertiary alicyclic amines) is 1. The van der Waals surface area contributed by atoms with E-state index in [1.165, 1.54) is 11.1 Å². The number of carbonyl (C=O) groups excluding carboxylic acids is 1. The van der Waals surface area contributed by atoms with E-state index in [4.69, 9.17) is 9.47 Å². The van der Waals surface area contributed by atoms with Crippen molar-refractivity contribution in [2.24, 2.45) is 0 Å². The molecule has 1 fully saturated rings. The lowest BCUT2D eigenvalue weighted by Gasteiger charge is -2.36. The maximum absolute atomic E-state index is 13.1. The van der Waals surface area contributed by atoms with E-state index in [0.29, 0.717) is 11.7 Å². The summed E-state index contributed by atoms with van der Waals surface area (Å²) in [5, 5.41) is 0. The molecule has 0 N–H and O–H groups in total. The van der Waals surface area contributed by atoms with Crippen LogP contribution in [0.25, 0.3) is 0 Å². The van der Waals surface area contributed by atoms with Gasteiger partial charge in [-0.05, 0) is 62.8 Å². The summed E-state index contributed by atoms with van der Waals surface area (Å²) < 4.78 is 10.9. The Morgan fingerprint density at radius 2 is 1.89 bits per heavy atom. The summed E-state index contributed by atoms with van der Waals surface area (Å²) in [5.74, 6) is 1.84. The number of anilines is 1. The monoisotopic (exact) mass is 366 g/mol. The van der Waals surface area contributed by atoms with Crippen molar-refractivity contribution < 1.29 is 14.3 Å². The fourth-order valence-corrected chi connectivity index (χ4v) is 4.29. The number of rotatable bonds is 4. The van der Waals surface area contributed by atoms with E-state index in [2.05, 4.69) is 37.1 Å². The number of methoxy groups -OCH3 is 1. The Morgan fingerprint density at radius 1 is 1.15 bits per heavy atom. The summed E-state index contributed by atoms with van der Waals surface area (Å²) in [6.45, 7) is 4.15. The highest BCUT2D eigenvalue weighted by molar-refractivity contribution is 5.98. The average Bonchev–Trinajstić information content (AvgIpc) is 2.99. The largest absolute Gasteiger partial charge is 0.497 e. The first-order valence-electron chi connectivity index (χ1n) is 9.45. The molecular weight excluding hydrogens is 340 g/mol. The molecule has 5 heteroatoms. The fourth-order valence-electron chi connectivity index (χ4n) is 4.29. The highest BCUT2D eigenvalue weighted by Gasteiger charge is 2.43. The predicted molar refractivity (Wildman–Crippen MR) is 106 cm³/mol. The van der Waals surface area contributed by atoms with Crippen LogP contribution in [0.15, 0.2) is 42.5 Å². The second-order valence-electron chi connectivity index (χ2n) is 7.51. The smallest absolute Gasteiger partial charge is 0.265 e. The molecule has 2 aromatic carbocycles. The third kappa shape index (κ3) is 3.39. The van der Waals surface area contributed by atoms with Gasteiger partial charge in [-0.2, -0.15) is 0 Å². The second-order valence-corrected chi connectivity index (χ2v) is 7.51. The van der Waals surface area contributed by atoms with Crippen molar-refractivity contribution in [3.63, 3.8) is 0 Å². The summed E-state index contributed by atoms with van der Waals surface area (Å²) in [6.07, 6.45) is 0.989. The third-order valence-electron chi connectivity index (χ3n) is 5.64. The molecule has 1 amide bonds. The van der Waals surface area contributed by atoms with E-state index < -0.39 is 0 Å². The lowest BCUT2D eigenvalue weighted by atomic mass is 9.89. The Morgan fingerprint density at radius 3 is 2.63 bits per heavy atom. The SMILES string of the molecule is COc1ccc(OCC(=O)N2c3ccc(C)cc3[C@H]3CN(C)CC[C@@H]32)cc1. The minimum absolute atomic E-state index is 0.0213. The molecule has 142 valence electrons. The zero-order valence-electron chi connectivity index (χ0n) is 16.1. The van der Waals surface area contributed by atoms with Gasteiger partial charge in [-0.25, -0.2) is 0 Å². The topological polar surface area (TPSA) is 42.0 Å². The number of likely N-dealkylation sites (N-methyl/N-ethyl adjacent to an activating group) is 1. The van der Waals surface area contributed by atoms with E-state index in [1.54, 1.807) is 7.11 Å². The van der Waals surface area contributed by atoms with Gasteiger partial charge in [0.05, 0.1) is 7.11 Å². The number of ether oxygens (including phenoxy) is 2. The van der Waals surface area contributed by atoms with Crippen LogP contribution in [0.3, 0.4) is 0 Å². The van der Waals surface area contributed by atoms with Crippen LogP contribution < -0.4 is 14.4 Å². The third-order valence-corrected chi connectivity index (χ3v) is 5.64. The maximum Gasteiger partial charge on any atom is 0.265 e. The van der Waals surface area contributed by atoms with Gasteiger partial charge in [0, 0.05) is 24.2 Å². The van der Waals surface area contributed by atoms with Crippen molar-refractivity contribution >= 4 is 11.6 Å². The van der Waals surface area contributed by atoms with Gasteiger partial charge < -0.3 is 19.3 Å². The summed E-state index contributed by atoms with van der Waals surface area (Å²) in [4.78, 5) is 17.4. The molecule has 4 rings (SSSR count). The first-order valence-corrected chi connectivity index (χ1v) is 9.45. The number of amides is 1. The van der Waals surface area contributed by atoms with E-state index in [0.717, 1.165) is 30.9 Å². The molecule has 2 heterocycles. The Kier molecular flexibility index (Phi) is 4.79. The number of benzene rings is 2. The van der Waals surface area contributed by atoms with E-state index in [1.807, 2.05) is 29.2 Å². The van der Waals surface area contributed by atoms with Crippen molar-refractivity contribution in [2.45, 2.75) is 25.3 Å². The normalized spacial score (nSPS) is 21.5. The zero-order valence-corrected chi connectivity index (χ0v) is 16.1. The van der Waals surface area contributed by atoms with Crippen molar-refractivity contribution in [3.05, 3.63) is 53.6 Å². The van der Waals surface area contributed by atoms with Crippen LogP contribution in [0.2, 0.25) is 0 Å². The molecule has 0 saturated carbocycles. The maximum atomic E-state index is 13.1. The number of hydrogen-bond donors (Lipinski definition) is 0. The first-order chi connectivity index (χ1) is 13.1. The molecule has 0 aliphatic carbocycles. The molecule has 0 bridgehead atoms. The molecule has 27 heavy (non-hydrogen) atoms. The Bertz CT molecular complexity index is 834. The van der Waals surface area contributed by atoms with Crippen molar-refractivity contribution in [1.82, 2.24) is 4.90 Å². The fraction of sp³-hybridized carbons (Fsp3) is 0.409. The number of nitrogens with zero attached hydrogens (tertiary/aromatic N) is 2. The minimum Gasteiger partial charge on any atom is -0.497 e. The summed E-state index contributed by atoms with van der Waals surface area (Å²) in [7, 11) is 3.78. The molecule has 0 aromatic heterocycles. The molecule has 2 aliphatic rings. The van der Waals surface area contributed by atoms with Gasteiger partial charge in [-0.15, -0.1) is 0 Å². The van der Waals surface area contributed by atoms with Gasteiger partial charge in [0.25, 0.3) is 5.91 Å². The molecule has 2 aromatic rings. The Balaban J connectivity index is 1.53. The summed E-state index contributed by atoms with van der Waals surface area (Å²) in [5.41, 5.74) is 3.59. The first kappa shape index (κ1) is 17.9. The van der Waals surface area contributed by atoms with Crippen LogP contribution in [0.5, 0.6) is 11.5 Å². The van der Waals surface area contributed by atoms with Crippen molar-refractivity contribution in [2.75, 3.05) is 38.8 Å². The lowest BCUT2D eigenvalue weighted by molar-refractivity contribution is -0.121. The molecule has 1 saturated heterocycles. The van der Waals surface area contributed by atoms with Crippen LogP contribution in [0.1, 0.15) is 23.5 Å². The molecule has 2 aliphatic heterocycles. The van der Waals surface area contributed by atoms with Crippen molar-refractivity contribution in [1.29, 1.82) is 0 Å². The average molecular weight is 366 g/mol. The van der Waals surface area contributed by atoms with Gasteiger partial charge in [-0.1, -0.05) is 17.7 Å². The molecule has 0 spiro atoms. The Labute approximate surface area is 160 Å². The van der Waals surface area contributed by atoms with Gasteiger partial charge in [0.1, 0.15) is 11.5 Å². The predicted octanol–water partition coefficient (Wildman–Crippen LogP) is 3.22. The quantitative estimate of drug-likeness (QED) is 0.833. The molecule has 2 atom stereocenters. The minimum atomic E-state index is 0.0213. The lowest BCUT2D eigenvalue weighted by Crippen LogP contribution is -2.48. The van der Waals surface area contributed by atoms with Crippen molar-refractivity contribution in [3.8, 4) is 11.5 Å². The van der Waals surface area contributed by atoms with Gasteiger partial charge in [0.2, 0.25) is 0 Å². The number of piperidine rings is 1. The van der Waals surface area contributed by atoms with Crippen LogP contribution in [-0.2, 0) is 4.79 Å². The van der Waals surface area contributed by atoms with Gasteiger partial charge in [0.15, 0.2) is 6.61 Å². The van der Waals surface area contributed by atoms with E-state index in [-0.39, 0.29) is 18.6 Å². The standard InChI is InChI=1S/C22H26N2O3/c1-15-4-9-20-18(12-15)19-13-23(2)11-10-21(19)24(20)22(25)14-27-17-7-5-16(26-3)6-8-17/h4-9,12,19,21H,10-11,13-14H2,1-3H3/t19-,21+/m1/s1. The number of carbonyl (C=O) groups is 1. The second kappa shape index (κ2) is 7.24. The molecule has 0 unspecified atom stereocenters. The molecule has 0 radical (unpaired) electrons. The van der Waals surface area contributed by atoms with Gasteiger partial charge >= 0.3 is 0 Å². The molecular formula is C22H26N2O3. The van der Waals surface area contributed by atoms with Crippen LogP contribution in [0, 0.1) is 6.92 Å². The summed E-state index contributed by atoms with van der Waals surface area (Å²) >= 11 is 0. The van der Waals surface area contributed by atoms with Gasteiger partial charge in [-0.3, -0.25) is 4.79 Å². The highest BCUT2D eigenvalue weighted by Crippen LogP contribution is 2.44. The number of hydrogen-bond acceptors (Lipinski definition) is 4. The summed E-state index contributed by atoms with van der Waals surface area (Å²) in [6, 6.07) is 14.0. The van der Waals surface area contributed by atoms with E-state index >= 15 is 0 Å². The van der Waals surface area contributed by atoms with Crippen LogP contribution >= 0.6 is 0 Å². The van der Waals surface area contributed by atoms with Crippen LogP contribution in [0.4, 0.5) is 5.69 Å². The number of aryl methyl sites for hydroxylation is 1.